The molecule has 0 saturated carbocycles. The van der Waals surface area contributed by atoms with Crippen molar-refractivity contribution < 1.29 is 18.0 Å². The van der Waals surface area contributed by atoms with Crippen LogP contribution in [0, 0.1) is 0 Å². The summed E-state index contributed by atoms with van der Waals surface area (Å²) < 4.78 is 25.8. The van der Waals surface area contributed by atoms with Gasteiger partial charge >= 0.3 is 0 Å². The van der Waals surface area contributed by atoms with Crippen molar-refractivity contribution in [3.05, 3.63) is 29.8 Å². The van der Waals surface area contributed by atoms with Gasteiger partial charge in [0.2, 0.25) is 10.0 Å². The van der Waals surface area contributed by atoms with Gasteiger partial charge in [-0.05, 0) is 26.0 Å². The number of nitrogens with zero attached hydrogens (tertiary/aromatic N) is 1. The lowest BCUT2D eigenvalue weighted by atomic mass is 10.1. The smallest absolute Gasteiger partial charge is 0.243 e. The van der Waals surface area contributed by atoms with Crippen molar-refractivity contribution in [2.45, 2.75) is 31.7 Å². The van der Waals surface area contributed by atoms with E-state index in [0.717, 1.165) is 11.8 Å². The Hall–Kier alpha value is -1.18. The zero-order valence-electron chi connectivity index (χ0n) is 12.5. The number of rotatable bonds is 6. The van der Waals surface area contributed by atoms with E-state index >= 15 is 0 Å². The number of carbonyl (C=O) groups is 2. The van der Waals surface area contributed by atoms with Crippen LogP contribution in [-0.2, 0) is 14.8 Å². The van der Waals surface area contributed by atoms with Gasteiger partial charge in [0, 0.05) is 25.6 Å². The predicted molar refractivity (Wildman–Crippen MR) is 84.0 cm³/mol. The van der Waals surface area contributed by atoms with Gasteiger partial charge in [-0.15, -0.1) is 0 Å². The average Bonchev–Trinajstić information content (AvgIpc) is 2.43. The van der Waals surface area contributed by atoms with E-state index in [2.05, 4.69) is 0 Å². The summed E-state index contributed by atoms with van der Waals surface area (Å²) in [5.41, 5.74) is 0.398. The predicted octanol–water partition coefficient (Wildman–Crippen LogP) is 2.18. The number of carbonyl (C=O) groups excluding carboxylic acids is 2. The molecule has 0 aliphatic heterocycles. The molecule has 0 bridgehead atoms. The number of ketones is 1. The molecule has 0 aliphatic carbocycles. The summed E-state index contributed by atoms with van der Waals surface area (Å²) >= 11 is 0.938. The van der Waals surface area contributed by atoms with E-state index in [4.69, 9.17) is 0 Å². The lowest BCUT2D eigenvalue weighted by molar-refractivity contribution is -0.109. The van der Waals surface area contributed by atoms with Crippen LogP contribution in [-0.4, -0.2) is 42.5 Å². The van der Waals surface area contributed by atoms with E-state index in [0.29, 0.717) is 5.56 Å². The molecule has 0 heterocycles. The van der Waals surface area contributed by atoms with Crippen LogP contribution in [0.5, 0.6) is 0 Å². The van der Waals surface area contributed by atoms with Gasteiger partial charge in [0.1, 0.15) is 0 Å². The molecule has 1 aromatic carbocycles. The Morgan fingerprint density at radius 2 is 1.71 bits per heavy atom. The van der Waals surface area contributed by atoms with Gasteiger partial charge in [0.25, 0.3) is 0 Å². The zero-order chi connectivity index (χ0) is 16.2. The van der Waals surface area contributed by atoms with Gasteiger partial charge in [-0.25, -0.2) is 8.42 Å². The van der Waals surface area contributed by atoms with E-state index in [1.54, 1.807) is 13.8 Å². The first-order valence-electron chi connectivity index (χ1n) is 6.41. The van der Waals surface area contributed by atoms with Gasteiger partial charge in [-0.3, -0.25) is 9.59 Å². The topological polar surface area (TPSA) is 71.5 Å². The SMILES string of the molecule is CC(=O)SCC(=O)c1ccc(S(=O)(=O)N(C)C(C)C)cc1. The molecule has 1 rings (SSSR count). The molecule has 116 valence electrons. The summed E-state index contributed by atoms with van der Waals surface area (Å²) in [7, 11) is -2.03. The van der Waals surface area contributed by atoms with Crippen LogP contribution in [0.1, 0.15) is 31.1 Å². The molecular weight excluding hydrogens is 310 g/mol. The maximum absolute atomic E-state index is 12.3. The fourth-order valence-corrected chi connectivity index (χ4v) is 3.38. The summed E-state index contributed by atoms with van der Waals surface area (Å²) in [6.07, 6.45) is 0. The lowest BCUT2D eigenvalue weighted by Crippen LogP contribution is -2.33. The van der Waals surface area contributed by atoms with Gasteiger partial charge in [-0.1, -0.05) is 23.9 Å². The van der Waals surface area contributed by atoms with E-state index in [1.165, 1.54) is 42.5 Å². The molecule has 0 N–H and O–H groups in total. The second-order valence-corrected chi connectivity index (χ2v) is 7.99. The molecule has 0 saturated heterocycles. The van der Waals surface area contributed by atoms with Crippen LogP contribution in [0.4, 0.5) is 0 Å². The number of benzene rings is 1. The van der Waals surface area contributed by atoms with E-state index < -0.39 is 10.0 Å². The van der Waals surface area contributed by atoms with Crippen LogP contribution >= 0.6 is 11.8 Å². The van der Waals surface area contributed by atoms with E-state index in [9.17, 15) is 18.0 Å². The third-order valence-corrected chi connectivity index (χ3v) is 5.85. The van der Waals surface area contributed by atoms with Crippen LogP contribution in [0.2, 0.25) is 0 Å². The Morgan fingerprint density at radius 1 is 1.19 bits per heavy atom. The lowest BCUT2D eigenvalue weighted by Gasteiger charge is -2.20. The average molecular weight is 329 g/mol. The quantitative estimate of drug-likeness (QED) is 0.748. The molecule has 0 spiro atoms. The molecule has 21 heavy (non-hydrogen) atoms. The second kappa shape index (κ2) is 7.20. The van der Waals surface area contributed by atoms with Crippen molar-refractivity contribution in [3.8, 4) is 0 Å². The molecule has 1 aromatic rings. The zero-order valence-corrected chi connectivity index (χ0v) is 14.1. The van der Waals surface area contributed by atoms with Crippen molar-refractivity contribution in [2.75, 3.05) is 12.8 Å². The van der Waals surface area contributed by atoms with Crippen molar-refractivity contribution in [2.24, 2.45) is 0 Å². The van der Waals surface area contributed by atoms with Crippen LogP contribution in [0.3, 0.4) is 0 Å². The Kier molecular flexibility index (Phi) is 6.12. The van der Waals surface area contributed by atoms with E-state index in [-0.39, 0.29) is 27.6 Å². The summed E-state index contributed by atoms with van der Waals surface area (Å²) in [5, 5.41) is -0.124. The largest absolute Gasteiger partial charge is 0.293 e. The van der Waals surface area contributed by atoms with Crippen LogP contribution in [0.25, 0.3) is 0 Å². The summed E-state index contributed by atoms with van der Waals surface area (Å²) in [6.45, 7) is 4.97. The maximum atomic E-state index is 12.3. The first kappa shape index (κ1) is 17.9. The number of thioether (sulfide) groups is 1. The Bertz CT molecular complexity index is 621. The Morgan fingerprint density at radius 3 is 2.14 bits per heavy atom. The molecule has 0 aliphatic rings. The summed E-state index contributed by atoms with van der Waals surface area (Å²) in [4.78, 5) is 22.8. The van der Waals surface area contributed by atoms with Crippen LogP contribution < -0.4 is 0 Å². The Labute approximate surface area is 129 Å². The number of Topliss-reactive ketones (excluding diaryl/α,β-unsaturated/α-hetero) is 1. The van der Waals surface area contributed by atoms with Gasteiger partial charge < -0.3 is 0 Å². The molecule has 0 radical (unpaired) electrons. The fraction of sp³-hybridized carbons (Fsp3) is 0.429. The first-order chi connectivity index (χ1) is 9.66. The molecule has 0 atom stereocenters. The highest BCUT2D eigenvalue weighted by molar-refractivity contribution is 8.14. The summed E-state index contributed by atoms with van der Waals surface area (Å²) in [5.74, 6) is -0.135. The minimum atomic E-state index is -3.54. The van der Waals surface area contributed by atoms with Crippen LogP contribution in [0.15, 0.2) is 29.2 Å². The molecule has 7 heteroatoms. The van der Waals surface area contributed by atoms with Gasteiger partial charge in [0.05, 0.1) is 10.6 Å². The minimum Gasteiger partial charge on any atom is -0.293 e. The first-order valence-corrected chi connectivity index (χ1v) is 8.83. The minimum absolute atomic E-state index is 0.0628. The molecular formula is C14H19NO4S2. The monoisotopic (exact) mass is 329 g/mol. The number of sulfonamides is 1. The molecule has 5 nitrogen and oxygen atoms in total. The summed E-state index contributed by atoms with van der Waals surface area (Å²) in [6, 6.07) is 5.64. The van der Waals surface area contributed by atoms with Gasteiger partial charge in [-0.2, -0.15) is 4.31 Å². The maximum Gasteiger partial charge on any atom is 0.243 e. The van der Waals surface area contributed by atoms with E-state index in [1.807, 2.05) is 0 Å². The third kappa shape index (κ3) is 4.66. The second-order valence-electron chi connectivity index (χ2n) is 4.84. The van der Waals surface area contributed by atoms with Crippen molar-refractivity contribution in [3.63, 3.8) is 0 Å². The molecule has 0 fully saturated rings. The standard InChI is InChI=1S/C14H19NO4S2/c1-10(2)15(4)21(18,19)13-7-5-12(6-8-13)14(17)9-20-11(3)16/h5-8,10H,9H2,1-4H3. The van der Waals surface area contributed by atoms with Gasteiger partial charge in [0.15, 0.2) is 10.9 Å². The molecule has 0 unspecified atom stereocenters. The number of hydrogen-bond donors (Lipinski definition) is 0. The van der Waals surface area contributed by atoms with Crippen molar-refractivity contribution >= 4 is 32.7 Å². The molecule has 0 amide bonds. The molecule has 0 aromatic heterocycles. The Balaban J connectivity index is 2.92. The highest BCUT2D eigenvalue weighted by Gasteiger charge is 2.23. The number of hydrogen-bond acceptors (Lipinski definition) is 5. The van der Waals surface area contributed by atoms with Crippen molar-refractivity contribution in [1.82, 2.24) is 4.31 Å². The highest BCUT2D eigenvalue weighted by atomic mass is 32.2. The third-order valence-electron chi connectivity index (χ3n) is 2.99. The van der Waals surface area contributed by atoms with Crippen molar-refractivity contribution in [1.29, 1.82) is 0 Å². The fourth-order valence-electron chi connectivity index (χ4n) is 1.51. The highest BCUT2D eigenvalue weighted by Crippen LogP contribution is 2.18. The normalized spacial score (nSPS) is 11.9.